The summed E-state index contributed by atoms with van der Waals surface area (Å²) in [5, 5.41) is 0.538. The first-order chi connectivity index (χ1) is 12.9. The minimum absolute atomic E-state index is 0.243. The van der Waals surface area contributed by atoms with E-state index in [0.717, 1.165) is 12.1 Å². The highest BCUT2D eigenvalue weighted by molar-refractivity contribution is 7.89. The molecule has 1 aliphatic rings. The minimum Gasteiger partial charge on any atom is -0.491 e. The zero-order chi connectivity index (χ0) is 19.4. The van der Waals surface area contributed by atoms with Crippen LogP contribution in [0, 0.1) is 11.6 Å². The Morgan fingerprint density at radius 1 is 1.00 bits per heavy atom. The number of nitrogens with zero attached hydrogens (tertiary/aromatic N) is 2. The number of benzene rings is 2. The van der Waals surface area contributed by atoms with E-state index in [2.05, 4.69) is 4.90 Å². The predicted molar refractivity (Wildman–Crippen MR) is 98.5 cm³/mol. The molecule has 0 amide bonds. The number of sulfonamides is 1. The summed E-state index contributed by atoms with van der Waals surface area (Å²) < 4.78 is 58.7. The van der Waals surface area contributed by atoms with Gasteiger partial charge in [-0.3, -0.25) is 4.90 Å². The van der Waals surface area contributed by atoms with Crippen molar-refractivity contribution in [3.8, 4) is 5.75 Å². The van der Waals surface area contributed by atoms with E-state index in [9.17, 15) is 17.2 Å². The molecule has 2 aromatic rings. The van der Waals surface area contributed by atoms with Gasteiger partial charge in [-0.25, -0.2) is 17.2 Å². The van der Waals surface area contributed by atoms with Crippen molar-refractivity contribution >= 4 is 21.6 Å². The van der Waals surface area contributed by atoms with Crippen molar-refractivity contribution in [3.05, 3.63) is 59.1 Å². The molecule has 0 bridgehead atoms. The monoisotopic (exact) mass is 416 g/mol. The molecular formula is C18H19ClF2N2O3S. The van der Waals surface area contributed by atoms with E-state index < -0.39 is 21.7 Å². The van der Waals surface area contributed by atoms with E-state index in [1.54, 1.807) is 12.1 Å². The van der Waals surface area contributed by atoms with Gasteiger partial charge in [0.05, 0.1) is 9.92 Å². The van der Waals surface area contributed by atoms with Gasteiger partial charge in [-0.05, 0) is 24.3 Å². The molecular weight excluding hydrogens is 398 g/mol. The van der Waals surface area contributed by atoms with Gasteiger partial charge in [0, 0.05) is 38.8 Å². The highest BCUT2D eigenvalue weighted by Gasteiger charge is 2.29. The average molecular weight is 417 g/mol. The zero-order valence-electron chi connectivity index (χ0n) is 14.4. The quantitative estimate of drug-likeness (QED) is 0.726. The lowest BCUT2D eigenvalue weighted by molar-refractivity contribution is 0.159. The summed E-state index contributed by atoms with van der Waals surface area (Å²) in [5.74, 6) is -1.22. The molecule has 3 rings (SSSR count). The van der Waals surface area contributed by atoms with Crippen LogP contribution in [0.25, 0.3) is 0 Å². The van der Waals surface area contributed by atoms with Gasteiger partial charge in [0.1, 0.15) is 24.0 Å². The van der Waals surface area contributed by atoms with Gasteiger partial charge < -0.3 is 4.74 Å². The van der Waals surface area contributed by atoms with Crippen LogP contribution in [0.1, 0.15) is 0 Å². The third kappa shape index (κ3) is 4.95. The van der Waals surface area contributed by atoms with Gasteiger partial charge in [-0.1, -0.05) is 23.7 Å². The Kier molecular flexibility index (Phi) is 6.31. The molecule has 0 spiro atoms. The molecule has 5 nitrogen and oxygen atoms in total. The second kappa shape index (κ2) is 8.52. The summed E-state index contributed by atoms with van der Waals surface area (Å²) >= 11 is 6.03. The minimum atomic E-state index is -3.92. The van der Waals surface area contributed by atoms with Crippen LogP contribution >= 0.6 is 11.6 Å². The van der Waals surface area contributed by atoms with Crippen LogP contribution in [0.15, 0.2) is 47.4 Å². The maximum Gasteiger partial charge on any atom is 0.243 e. The maximum atomic E-state index is 13.3. The van der Waals surface area contributed by atoms with Crippen molar-refractivity contribution in [1.82, 2.24) is 9.21 Å². The number of piperazine rings is 1. The van der Waals surface area contributed by atoms with E-state index in [4.69, 9.17) is 16.3 Å². The van der Waals surface area contributed by atoms with Crippen molar-refractivity contribution < 1.29 is 21.9 Å². The van der Waals surface area contributed by atoms with Crippen LogP contribution in [0.5, 0.6) is 5.75 Å². The lowest BCUT2D eigenvalue weighted by atomic mass is 10.3. The Hall–Kier alpha value is -1.74. The first-order valence-corrected chi connectivity index (χ1v) is 10.2. The van der Waals surface area contributed by atoms with E-state index in [1.165, 1.54) is 4.31 Å². The third-order valence-electron chi connectivity index (χ3n) is 4.31. The maximum absolute atomic E-state index is 13.3. The molecule has 1 saturated heterocycles. The van der Waals surface area contributed by atoms with Gasteiger partial charge in [-0.2, -0.15) is 4.31 Å². The van der Waals surface area contributed by atoms with E-state index in [0.29, 0.717) is 43.1 Å². The molecule has 0 radical (unpaired) electrons. The summed E-state index contributed by atoms with van der Waals surface area (Å²) in [6.07, 6.45) is 0. The number of hydrogen-bond donors (Lipinski definition) is 0. The van der Waals surface area contributed by atoms with Crippen LogP contribution in [0.3, 0.4) is 0 Å². The Morgan fingerprint density at radius 2 is 1.63 bits per heavy atom. The summed E-state index contributed by atoms with van der Waals surface area (Å²) in [5.41, 5.74) is 0. The van der Waals surface area contributed by atoms with Crippen molar-refractivity contribution in [2.45, 2.75) is 4.90 Å². The molecule has 0 N–H and O–H groups in total. The number of halogens is 3. The van der Waals surface area contributed by atoms with Crippen LogP contribution in [-0.4, -0.2) is 57.0 Å². The van der Waals surface area contributed by atoms with Gasteiger partial charge in [0.2, 0.25) is 10.0 Å². The van der Waals surface area contributed by atoms with E-state index in [-0.39, 0.29) is 18.0 Å². The molecule has 0 atom stereocenters. The second-order valence-corrected chi connectivity index (χ2v) is 8.47. The standard InChI is InChI=1S/C18H19ClF2N2O3S/c19-17-3-1-2-4-18(17)26-10-9-22-5-7-23(8-6-22)27(24,25)16-12-14(20)11-15(21)13-16/h1-4,11-13H,5-10H2. The second-order valence-electron chi connectivity index (χ2n) is 6.13. The first kappa shape index (κ1) is 20.0. The fourth-order valence-corrected chi connectivity index (χ4v) is 4.52. The summed E-state index contributed by atoms with van der Waals surface area (Å²) in [4.78, 5) is 1.70. The Bertz CT molecular complexity index is 883. The first-order valence-electron chi connectivity index (χ1n) is 8.42. The van der Waals surface area contributed by atoms with Gasteiger partial charge in [-0.15, -0.1) is 0 Å². The molecule has 27 heavy (non-hydrogen) atoms. The molecule has 1 fully saturated rings. The topological polar surface area (TPSA) is 49.9 Å². The molecule has 1 heterocycles. The molecule has 9 heteroatoms. The smallest absolute Gasteiger partial charge is 0.243 e. The number of para-hydroxylation sites is 1. The Morgan fingerprint density at radius 3 is 2.26 bits per heavy atom. The molecule has 0 saturated carbocycles. The van der Waals surface area contributed by atoms with Crippen molar-refractivity contribution in [3.63, 3.8) is 0 Å². The fourth-order valence-electron chi connectivity index (χ4n) is 2.87. The number of hydrogen-bond acceptors (Lipinski definition) is 4. The zero-order valence-corrected chi connectivity index (χ0v) is 16.0. The molecule has 2 aromatic carbocycles. The normalized spacial score (nSPS) is 16.4. The third-order valence-corrected chi connectivity index (χ3v) is 6.50. The SMILES string of the molecule is O=S(=O)(c1cc(F)cc(F)c1)N1CCN(CCOc2ccccc2Cl)CC1. The number of rotatable bonds is 6. The van der Waals surface area contributed by atoms with E-state index in [1.807, 2.05) is 12.1 Å². The van der Waals surface area contributed by atoms with Crippen molar-refractivity contribution in [2.75, 3.05) is 39.3 Å². The van der Waals surface area contributed by atoms with Crippen LogP contribution < -0.4 is 4.74 Å². The Balaban J connectivity index is 1.53. The molecule has 0 aromatic heterocycles. The van der Waals surface area contributed by atoms with Crippen LogP contribution in [0.2, 0.25) is 5.02 Å². The molecule has 0 aliphatic carbocycles. The highest BCUT2D eigenvalue weighted by atomic mass is 35.5. The van der Waals surface area contributed by atoms with Gasteiger partial charge in [0.25, 0.3) is 0 Å². The highest BCUT2D eigenvalue weighted by Crippen LogP contribution is 2.23. The fraction of sp³-hybridized carbons (Fsp3) is 0.333. The molecule has 1 aliphatic heterocycles. The predicted octanol–water partition coefficient (Wildman–Crippen LogP) is 3.00. The summed E-state index contributed by atoms with van der Waals surface area (Å²) in [6.45, 7) is 2.53. The number of ether oxygens (including phenoxy) is 1. The van der Waals surface area contributed by atoms with Gasteiger partial charge in [0.15, 0.2) is 0 Å². The molecule has 146 valence electrons. The average Bonchev–Trinajstić information content (AvgIpc) is 2.63. The Labute approximate surface area is 162 Å². The lowest BCUT2D eigenvalue weighted by Gasteiger charge is -2.33. The molecule has 0 unspecified atom stereocenters. The lowest BCUT2D eigenvalue weighted by Crippen LogP contribution is -2.49. The van der Waals surface area contributed by atoms with E-state index >= 15 is 0 Å². The van der Waals surface area contributed by atoms with Crippen molar-refractivity contribution in [2.24, 2.45) is 0 Å². The van der Waals surface area contributed by atoms with Crippen LogP contribution in [-0.2, 0) is 10.0 Å². The summed E-state index contributed by atoms with van der Waals surface area (Å²) in [7, 11) is -3.92. The largest absolute Gasteiger partial charge is 0.491 e. The van der Waals surface area contributed by atoms with Gasteiger partial charge >= 0.3 is 0 Å². The van der Waals surface area contributed by atoms with Crippen molar-refractivity contribution in [1.29, 1.82) is 0 Å². The summed E-state index contributed by atoms with van der Waals surface area (Å²) in [6, 6.07) is 9.50. The van der Waals surface area contributed by atoms with Crippen LogP contribution in [0.4, 0.5) is 8.78 Å².